The number of hydrogen-bond acceptors (Lipinski definition) is 14. The van der Waals surface area contributed by atoms with E-state index in [-0.39, 0.29) is 58.6 Å². The Bertz CT molecular complexity index is 1440. The molecule has 2 aromatic carbocycles. The number of aliphatic hydroxyl groups is 6. The minimum Gasteiger partial charge on any atom is -1.00 e. The smallest absolute Gasteiger partial charge is 0.402 e. The van der Waals surface area contributed by atoms with E-state index in [1.54, 1.807) is 0 Å². The van der Waals surface area contributed by atoms with E-state index in [1.807, 2.05) is 0 Å². The number of benzene rings is 2. The summed E-state index contributed by atoms with van der Waals surface area (Å²) in [6.45, 7) is 0.925. The van der Waals surface area contributed by atoms with E-state index >= 15 is 0 Å². The molecule has 3 heterocycles. The summed E-state index contributed by atoms with van der Waals surface area (Å²) in [6.07, 6.45) is -15.3. The average Bonchev–Trinajstić information content (AvgIpc) is 2.95. The van der Waals surface area contributed by atoms with Gasteiger partial charge < -0.3 is 82.4 Å². The largest absolute Gasteiger partial charge is 1.00 e. The van der Waals surface area contributed by atoms with Crippen LogP contribution < -0.4 is 17.1 Å². The molecule has 0 unspecified atom stereocenters. The molecule has 0 amide bonds. The molecule has 244 valence electrons. The molecule has 0 bridgehead atoms. The second-order valence-corrected chi connectivity index (χ2v) is 10.2. The van der Waals surface area contributed by atoms with Gasteiger partial charge in [-0.3, -0.25) is 0 Å². The van der Waals surface area contributed by atoms with Crippen LogP contribution in [0.3, 0.4) is 0 Å². The summed E-state index contributed by atoms with van der Waals surface area (Å²) in [7, 11) is 0. The molecule has 0 aliphatic carbocycles. The molecule has 3 aromatic rings. The lowest BCUT2D eigenvalue weighted by molar-refractivity contribution is -0.318. The van der Waals surface area contributed by atoms with Crippen molar-refractivity contribution in [2.45, 2.75) is 68.3 Å². The van der Waals surface area contributed by atoms with Crippen LogP contribution >= 0.6 is 12.4 Å². The molecule has 1 aromatic heterocycles. The Morgan fingerprint density at radius 1 is 0.727 bits per heavy atom. The van der Waals surface area contributed by atoms with Crippen LogP contribution in [0.2, 0.25) is 0 Å². The molecule has 2 aliphatic rings. The zero-order chi connectivity index (χ0) is 30.5. The van der Waals surface area contributed by atoms with Crippen molar-refractivity contribution in [3.8, 4) is 40.1 Å². The van der Waals surface area contributed by atoms with Crippen molar-refractivity contribution < 1.29 is 86.8 Å². The summed E-state index contributed by atoms with van der Waals surface area (Å²) in [4.78, 5) is 0. The summed E-state index contributed by atoms with van der Waals surface area (Å²) >= 11 is 0. The number of hydrogen-bond donors (Lipinski definition) is 10. The average molecular weight is 667 g/mol. The first-order chi connectivity index (χ1) is 19.8. The molecule has 0 spiro atoms. The number of phenols is 4. The molecule has 15 nitrogen and oxygen atoms in total. The molecular weight excluding hydrogens is 635 g/mol. The van der Waals surface area contributed by atoms with Gasteiger partial charge in [0.15, 0.2) is 17.8 Å². The summed E-state index contributed by atoms with van der Waals surface area (Å²) < 4.78 is 28.3. The maximum atomic E-state index is 10.7. The molecule has 2 fully saturated rings. The van der Waals surface area contributed by atoms with E-state index < -0.39 is 85.3 Å². The number of fused-ring (bicyclic) bond motifs is 1. The quantitative estimate of drug-likeness (QED) is 0.0912. The van der Waals surface area contributed by atoms with E-state index in [1.165, 1.54) is 31.2 Å². The molecule has 5 rings (SSSR count). The SMILES string of the molecule is C[C@@H]1O[C@@H](OC[C@H]2O[C@@H](Oc3cc4c(O)cc(O)cc4[o+]c3-c3ccc(O)c(O)c3)[C@H](O)[C@@H](O)[C@@H]2O)[C@H](O)[C@H](O)[C@H]1O.Cl.[Cl-]. The predicted octanol–water partition coefficient (Wildman–Crippen LogP) is -3.34. The third kappa shape index (κ3) is 6.83. The van der Waals surface area contributed by atoms with Gasteiger partial charge in [-0.25, -0.2) is 4.42 Å². The fraction of sp³-hybridized carbons (Fsp3) is 0.444. The Kier molecular flexibility index (Phi) is 11.3. The van der Waals surface area contributed by atoms with Gasteiger partial charge in [0.1, 0.15) is 59.6 Å². The van der Waals surface area contributed by atoms with Gasteiger partial charge >= 0.3 is 11.3 Å². The van der Waals surface area contributed by atoms with Gasteiger partial charge in [0.25, 0.3) is 0 Å². The van der Waals surface area contributed by atoms with Crippen LogP contribution in [0.5, 0.6) is 28.7 Å². The maximum Gasteiger partial charge on any atom is 0.402 e. The summed E-state index contributed by atoms with van der Waals surface area (Å²) in [6, 6.07) is 7.22. The molecule has 10 N–H and O–H groups in total. The zero-order valence-electron chi connectivity index (χ0n) is 22.7. The summed E-state index contributed by atoms with van der Waals surface area (Å²) in [5, 5.41) is 102. The molecule has 0 radical (unpaired) electrons. The Morgan fingerprint density at radius 2 is 1.39 bits per heavy atom. The highest BCUT2D eigenvalue weighted by Gasteiger charge is 2.48. The van der Waals surface area contributed by atoms with Gasteiger partial charge in [-0.2, -0.15) is 0 Å². The third-order valence-electron chi connectivity index (χ3n) is 7.20. The van der Waals surface area contributed by atoms with E-state index in [4.69, 9.17) is 23.4 Å². The van der Waals surface area contributed by atoms with Crippen LogP contribution in [0.1, 0.15) is 6.92 Å². The first kappa shape index (κ1) is 35.5. The van der Waals surface area contributed by atoms with Crippen molar-refractivity contribution in [2.75, 3.05) is 6.61 Å². The Balaban J connectivity index is 0.00000264. The number of phenolic OH excluding ortho intramolecular Hbond substituents is 4. The molecular formula is C27H32Cl2O15. The molecule has 2 aliphatic heterocycles. The van der Waals surface area contributed by atoms with Crippen LogP contribution in [0.25, 0.3) is 22.3 Å². The highest BCUT2D eigenvalue weighted by molar-refractivity contribution is 5.88. The number of aliphatic hydroxyl groups excluding tert-OH is 6. The molecule has 0 saturated carbocycles. The lowest BCUT2D eigenvalue weighted by Crippen LogP contribution is -3.00. The number of ether oxygens (including phenoxy) is 4. The molecule has 17 heteroatoms. The number of rotatable bonds is 6. The van der Waals surface area contributed by atoms with Crippen LogP contribution in [0, 0.1) is 0 Å². The number of aromatic hydroxyl groups is 4. The normalized spacial score (nSPS) is 32.0. The minimum atomic E-state index is -1.82. The molecule has 44 heavy (non-hydrogen) atoms. The van der Waals surface area contributed by atoms with Crippen molar-refractivity contribution in [3.05, 3.63) is 36.4 Å². The standard InChI is InChI=1S/C27H30O15.2ClH/c1-9-19(32)21(34)23(36)26(39-9)38-8-18-20(33)22(35)24(37)27(42-18)41-17-7-12-14(30)5-11(28)6-16(12)40-25(17)10-2-3-13(29)15(31)4-10;;/h2-7,9,18-24,26-27,32-37H,8H2,1H3,(H3-,28,29,30,31);2*1H/t9-,18+,19-,20+,21+,22-,23+,24+,26+,27+;;/m0../s1. The monoisotopic (exact) mass is 666 g/mol. The van der Waals surface area contributed by atoms with E-state index in [0.717, 1.165) is 12.1 Å². The summed E-state index contributed by atoms with van der Waals surface area (Å²) in [5.74, 6) is -1.92. The van der Waals surface area contributed by atoms with Crippen LogP contribution in [0.15, 0.2) is 40.8 Å². The van der Waals surface area contributed by atoms with Crippen molar-refractivity contribution in [3.63, 3.8) is 0 Å². The highest BCUT2D eigenvalue weighted by atomic mass is 35.5. The lowest BCUT2D eigenvalue weighted by atomic mass is 9.98. The first-order valence-corrected chi connectivity index (χ1v) is 12.9. The fourth-order valence-corrected chi connectivity index (χ4v) is 4.76. The lowest BCUT2D eigenvalue weighted by Gasteiger charge is -2.42. The second-order valence-electron chi connectivity index (χ2n) is 10.2. The Hall–Kier alpha value is -2.93. The van der Waals surface area contributed by atoms with Crippen LogP contribution in [-0.2, 0) is 14.2 Å². The summed E-state index contributed by atoms with van der Waals surface area (Å²) in [5.41, 5.74) is 0.163. The minimum absolute atomic E-state index is 0. The van der Waals surface area contributed by atoms with Gasteiger partial charge in [0.2, 0.25) is 12.0 Å². The third-order valence-corrected chi connectivity index (χ3v) is 7.20. The van der Waals surface area contributed by atoms with Crippen molar-refractivity contribution >= 4 is 23.4 Å². The second kappa shape index (κ2) is 14.0. The van der Waals surface area contributed by atoms with Gasteiger partial charge in [-0.15, -0.1) is 12.4 Å². The van der Waals surface area contributed by atoms with E-state index in [9.17, 15) is 51.1 Å². The fourth-order valence-electron chi connectivity index (χ4n) is 4.76. The first-order valence-electron chi connectivity index (χ1n) is 12.9. The van der Waals surface area contributed by atoms with E-state index in [2.05, 4.69) is 0 Å². The van der Waals surface area contributed by atoms with Crippen molar-refractivity contribution in [1.82, 2.24) is 0 Å². The van der Waals surface area contributed by atoms with Gasteiger partial charge in [-0.05, 0) is 19.1 Å². The molecule has 2 saturated heterocycles. The Labute approximate surface area is 261 Å². The van der Waals surface area contributed by atoms with Gasteiger partial charge in [0, 0.05) is 18.2 Å². The van der Waals surface area contributed by atoms with Crippen molar-refractivity contribution in [1.29, 1.82) is 0 Å². The highest BCUT2D eigenvalue weighted by Crippen LogP contribution is 2.42. The van der Waals surface area contributed by atoms with E-state index in [0.29, 0.717) is 0 Å². The topological polar surface area (TPSA) is 251 Å². The zero-order valence-corrected chi connectivity index (χ0v) is 24.3. The van der Waals surface area contributed by atoms with Crippen LogP contribution in [-0.4, -0.2) is 119 Å². The van der Waals surface area contributed by atoms with Crippen LogP contribution in [0.4, 0.5) is 0 Å². The predicted molar refractivity (Wildman–Crippen MR) is 146 cm³/mol. The number of halogens is 2. The van der Waals surface area contributed by atoms with Crippen molar-refractivity contribution in [2.24, 2.45) is 0 Å². The maximum absolute atomic E-state index is 10.7. The van der Waals surface area contributed by atoms with Gasteiger partial charge in [-0.1, -0.05) is 0 Å². The molecule has 10 atom stereocenters. The van der Waals surface area contributed by atoms with Gasteiger partial charge in [0.05, 0.1) is 24.3 Å². The Morgan fingerprint density at radius 3 is 2.07 bits per heavy atom.